The number of nitrogens with zero attached hydrogens (tertiary/aromatic N) is 3. The monoisotopic (exact) mass is 247 g/mol. The van der Waals surface area contributed by atoms with Crippen molar-refractivity contribution in [3.63, 3.8) is 0 Å². The highest BCUT2D eigenvalue weighted by atomic mass is 16.3. The van der Waals surface area contributed by atoms with E-state index in [1.807, 2.05) is 12.3 Å². The van der Waals surface area contributed by atoms with Gasteiger partial charge in [0, 0.05) is 45.0 Å². The number of hydrogen-bond donors (Lipinski definition) is 1. The molecule has 1 aromatic rings. The normalized spacial score (nSPS) is 29.1. The number of rotatable bonds is 2. The van der Waals surface area contributed by atoms with Crippen molar-refractivity contribution in [2.24, 2.45) is 5.92 Å². The predicted molar refractivity (Wildman–Crippen MR) is 71.6 cm³/mol. The van der Waals surface area contributed by atoms with Crippen molar-refractivity contribution in [1.82, 2.24) is 9.88 Å². The van der Waals surface area contributed by atoms with E-state index in [2.05, 4.69) is 26.9 Å². The summed E-state index contributed by atoms with van der Waals surface area (Å²) in [5.74, 6) is 1.59. The van der Waals surface area contributed by atoms with Crippen molar-refractivity contribution in [3.8, 4) is 0 Å². The number of piperidine rings is 1. The summed E-state index contributed by atoms with van der Waals surface area (Å²) in [6.45, 7) is 4.63. The van der Waals surface area contributed by atoms with Crippen LogP contribution in [0.5, 0.6) is 0 Å². The first-order valence-electron chi connectivity index (χ1n) is 6.87. The molecule has 0 amide bonds. The largest absolute Gasteiger partial charge is 0.396 e. The number of piperazine rings is 1. The smallest absolute Gasteiger partial charge is 0.128 e. The Morgan fingerprint density at radius 3 is 2.94 bits per heavy atom. The molecule has 0 spiro atoms. The third kappa shape index (κ3) is 2.35. The van der Waals surface area contributed by atoms with E-state index in [-0.39, 0.29) is 0 Å². The van der Waals surface area contributed by atoms with Gasteiger partial charge in [-0.2, -0.15) is 0 Å². The summed E-state index contributed by atoms with van der Waals surface area (Å²) in [7, 11) is 0. The summed E-state index contributed by atoms with van der Waals surface area (Å²) < 4.78 is 0. The van der Waals surface area contributed by atoms with Gasteiger partial charge < -0.3 is 10.0 Å². The molecule has 0 aromatic carbocycles. The molecule has 1 aromatic heterocycles. The Morgan fingerprint density at radius 1 is 1.22 bits per heavy atom. The van der Waals surface area contributed by atoms with Crippen molar-refractivity contribution in [2.75, 3.05) is 37.7 Å². The Morgan fingerprint density at radius 2 is 2.17 bits per heavy atom. The Balaban J connectivity index is 1.65. The minimum atomic E-state index is 0.340. The van der Waals surface area contributed by atoms with Crippen LogP contribution >= 0.6 is 0 Å². The van der Waals surface area contributed by atoms with Crippen LogP contribution in [0.25, 0.3) is 0 Å². The Labute approximate surface area is 108 Å². The summed E-state index contributed by atoms with van der Waals surface area (Å²) in [6.07, 6.45) is 4.23. The maximum atomic E-state index is 9.26. The molecule has 4 nitrogen and oxygen atoms in total. The van der Waals surface area contributed by atoms with Crippen LogP contribution < -0.4 is 4.90 Å². The Bertz CT molecular complexity index is 384. The number of fused-ring (bicyclic) bond motifs is 1. The van der Waals surface area contributed by atoms with Gasteiger partial charge in [-0.1, -0.05) is 6.07 Å². The second-order valence-corrected chi connectivity index (χ2v) is 5.41. The number of anilines is 1. The zero-order chi connectivity index (χ0) is 12.4. The lowest BCUT2D eigenvalue weighted by molar-refractivity contribution is 0.0672. The topological polar surface area (TPSA) is 39.6 Å². The Hall–Kier alpha value is -1.13. The van der Waals surface area contributed by atoms with Crippen molar-refractivity contribution in [3.05, 3.63) is 24.4 Å². The van der Waals surface area contributed by atoms with Gasteiger partial charge in [0.2, 0.25) is 0 Å². The van der Waals surface area contributed by atoms with Crippen LogP contribution in [0.15, 0.2) is 24.4 Å². The molecule has 3 heterocycles. The first-order chi connectivity index (χ1) is 8.86. The highest BCUT2D eigenvalue weighted by Gasteiger charge is 2.32. The summed E-state index contributed by atoms with van der Waals surface area (Å²) in [5, 5.41) is 9.26. The quantitative estimate of drug-likeness (QED) is 0.845. The number of aliphatic hydroxyl groups excluding tert-OH is 1. The summed E-state index contributed by atoms with van der Waals surface area (Å²) in [6, 6.07) is 6.75. The van der Waals surface area contributed by atoms with Crippen LogP contribution in [-0.2, 0) is 0 Å². The molecule has 0 aliphatic carbocycles. The highest BCUT2D eigenvalue weighted by molar-refractivity contribution is 5.38. The van der Waals surface area contributed by atoms with E-state index in [0.717, 1.165) is 38.4 Å². The lowest BCUT2D eigenvalue weighted by atomic mass is 9.91. The van der Waals surface area contributed by atoms with Crippen LogP contribution in [0.3, 0.4) is 0 Å². The Kier molecular flexibility index (Phi) is 3.48. The third-order valence-electron chi connectivity index (χ3n) is 4.24. The first-order valence-corrected chi connectivity index (χ1v) is 6.87. The van der Waals surface area contributed by atoms with Crippen LogP contribution in [0.1, 0.15) is 12.8 Å². The van der Waals surface area contributed by atoms with E-state index in [0.29, 0.717) is 18.6 Å². The number of aromatic nitrogens is 1. The summed E-state index contributed by atoms with van der Waals surface area (Å²) in [5.41, 5.74) is 0. The standard InChI is InChI=1S/C14H21N3O/c18-11-12-4-5-13-10-17(8-7-16(13)9-12)14-3-1-2-6-15-14/h1-3,6,12-13,18H,4-5,7-11H2. The van der Waals surface area contributed by atoms with Gasteiger partial charge in [-0.3, -0.25) is 4.90 Å². The molecule has 2 aliphatic rings. The van der Waals surface area contributed by atoms with E-state index < -0.39 is 0 Å². The molecular weight excluding hydrogens is 226 g/mol. The van der Waals surface area contributed by atoms with Crippen LogP contribution in [0.4, 0.5) is 5.82 Å². The lowest BCUT2D eigenvalue weighted by Gasteiger charge is -2.46. The van der Waals surface area contributed by atoms with Gasteiger partial charge in [0.25, 0.3) is 0 Å². The van der Waals surface area contributed by atoms with Gasteiger partial charge in [0.1, 0.15) is 5.82 Å². The average Bonchev–Trinajstić information content (AvgIpc) is 2.47. The molecule has 0 saturated carbocycles. The number of pyridine rings is 1. The SMILES string of the molecule is OCC1CCC2CN(c3ccccn3)CCN2C1. The second kappa shape index (κ2) is 5.24. The molecule has 98 valence electrons. The molecular formula is C14H21N3O. The molecule has 2 saturated heterocycles. The second-order valence-electron chi connectivity index (χ2n) is 5.41. The molecule has 2 unspecified atom stereocenters. The molecule has 4 heteroatoms. The minimum Gasteiger partial charge on any atom is -0.396 e. The molecule has 3 rings (SSSR count). The van der Waals surface area contributed by atoms with Crippen molar-refractivity contribution in [1.29, 1.82) is 0 Å². The molecule has 0 bridgehead atoms. The van der Waals surface area contributed by atoms with Gasteiger partial charge in [-0.05, 0) is 30.9 Å². The maximum Gasteiger partial charge on any atom is 0.128 e. The van der Waals surface area contributed by atoms with Gasteiger partial charge >= 0.3 is 0 Å². The number of aliphatic hydroxyl groups is 1. The predicted octanol–water partition coefficient (Wildman–Crippen LogP) is 0.974. The third-order valence-corrected chi connectivity index (χ3v) is 4.24. The van der Waals surface area contributed by atoms with Crippen molar-refractivity contribution >= 4 is 5.82 Å². The molecule has 2 fully saturated rings. The van der Waals surface area contributed by atoms with E-state index in [4.69, 9.17) is 0 Å². The van der Waals surface area contributed by atoms with Crippen molar-refractivity contribution < 1.29 is 5.11 Å². The molecule has 0 radical (unpaired) electrons. The van der Waals surface area contributed by atoms with Crippen LogP contribution in [0, 0.1) is 5.92 Å². The maximum absolute atomic E-state index is 9.26. The fourth-order valence-electron chi connectivity index (χ4n) is 3.16. The van der Waals surface area contributed by atoms with Gasteiger partial charge in [-0.25, -0.2) is 4.98 Å². The van der Waals surface area contributed by atoms with E-state index in [1.165, 1.54) is 6.42 Å². The van der Waals surface area contributed by atoms with E-state index in [9.17, 15) is 5.11 Å². The average molecular weight is 247 g/mol. The zero-order valence-electron chi connectivity index (χ0n) is 10.7. The highest BCUT2D eigenvalue weighted by Crippen LogP contribution is 2.26. The molecule has 18 heavy (non-hydrogen) atoms. The fourth-order valence-corrected chi connectivity index (χ4v) is 3.16. The van der Waals surface area contributed by atoms with Crippen LogP contribution in [-0.4, -0.2) is 53.8 Å². The molecule has 2 aliphatic heterocycles. The molecule has 1 N–H and O–H groups in total. The van der Waals surface area contributed by atoms with E-state index in [1.54, 1.807) is 0 Å². The van der Waals surface area contributed by atoms with Gasteiger partial charge in [0.15, 0.2) is 0 Å². The first kappa shape index (κ1) is 11.9. The van der Waals surface area contributed by atoms with Crippen molar-refractivity contribution in [2.45, 2.75) is 18.9 Å². The molecule has 2 atom stereocenters. The summed E-state index contributed by atoms with van der Waals surface area (Å²) in [4.78, 5) is 9.37. The van der Waals surface area contributed by atoms with Gasteiger partial charge in [-0.15, -0.1) is 0 Å². The van der Waals surface area contributed by atoms with Crippen LogP contribution in [0.2, 0.25) is 0 Å². The minimum absolute atomic E-state index is 0.340. The zero-order valence-corrected chi connectivity index (χ0v) is 10.7. The fraction of sp³-hybridized carbons (Fsp3) is 0.643. The lowest BCUT2D eigenvalue weighted by Crippen LogP contribution is -2.57. The number of hydrogen-bond acceptors (Lipinski definition) is 4. The van der Waals surface area contributed by atoms with Gasteiger partial charge in [0.05, 0.1) is 0 Å². The summed E-state index contributed by atoms with van der Waals surface area (Å²) >= 11 is 0. The van der Waals surface area contributed by atoms with E-state index >= 15 is 0 Å².